The molecule has 0 atom stereocenters. The molecule has 2 aromatic carbocycles. The summed E-state index contributed by atoms with van der Waals surface area (Å²) in [6.45, 7) is 0.862. The summed E-state index contributed by atoms with van der Waals surface area (Å²) in [7, 11) is 5.76. The Bertz CT molecular complexity index is 1060. The van der Waals surface area contributed by atoms with Crippen LogP contribution in [0.3, 0.4) is 0 Å². The molecule has 32 heavy (non-hydrogen) atoms. The Kier molecular flexibility index (Phi) is 7.22. The number of hydrogen-bond donors (Lipinski definition) is 2. The lowest BCUT2D eigenvalue weighted by Gasteiger charge is -2.29. The zero-order valence-electron chi connectivity index (χ0n) is 19.2. The van der Waals surface area contributed by atoms with Crippen LogP contribution in [0.5, 0.6) is 5.75 Å². The predicted molar refractivity (Wildman–Crippen MR) is 134 cm³/mol. The molecule has 0 bridgehead atoms. The minimum atomic E-state index is 0.411. The summed E-state index contributed by atoms with van der Waals surface area (Å²) in [6, 6.07) is 17.2. The van der Waals surface area contributed by atoms with Crippen molar-refractivity contribution >= 4 is 28.7 Å². The van der Waals surface area contributed by atoms with E-state index in [1.54, 1.807) is 7.11 Å². The summed E-state index contributed by atoms with van der Waals surface area (Å²) < 4.78 is 5.41. The second-order valence-corrected chi connectivity index (χ2v) is 8.53. The molecule has 2 N–H and O–H groups in total. The molecule has 0 radical (unpaired) electrons. The van der Waals surface area contributed by atoms with Crippen molar-refractivity contribution in [1.82, 2.24) is 15.3 Å². The van der Waals surface area contributed by atoms with E-state index in [2.05, 4.69) is 45.9 Å². The molecule has 0 unspecified atom stereocenters. The maximum atomic E-state index is 5.41. The monoisotopic (exact) mass is 431 g/mol. The molecular formula is C26H33N5O. The maximum Gasteiger partial charge on any atom is 0.225 e. The Morgan fingerprint density at radius 2 is 1.69 bits per heavy atom. The predicted octanol–water partition coefficient (Wildman–Crippen LogP) is 4.73. The molecular weight excluding hydrogens is 398 g/mol. The molecule has 6 heteroatoms. The zero-order valence-corrected chi connectivity index (χ0v) is 19.2. The number of ether oxygens (including phenoxy) is 1. The number of aromatic nitrogens is 2. The van der Waals surface area contributed by atoms with Crippen molar-refractivity contribution < 1.29 is 4.74 Å². The number of anilines is 2. The van der Waals surface area contributed by atoms with Gasteiger partial charge in [-0.2, -0.15) is 4.98 Å². The first-order valence-electron chi connectivity index (χ1n) is 11.4. The highest BCUT2D eigenvalue weighted by Gasteiger charge is 2.21. The highest BCUT2D eigenvalue weighted by Crippen LogP contribution is 2.26. The van der Waals surface area contributed by atoms with Gasteiger partial charge in [0.2, 0.25) is 5.95 Å². The van der Waals surface area contributed by atoms with E-state index in [-0.39, 0.29) is 0 Å². The van der Waals surface area contributed by atoms with Crippen LogP contribution in [0.1, 0.15) is 31.2 Å². The van der Waals surface area contributed by atoms with Gasteiger partial charge in [0.1, 0.15) is 11.6 Å². The van der Waals surface area contributed by atoms with Gasteiger partial charge in [-0.15, -0.1) is 0 Å². The summed E-state index contributed by atoms with van der Waals surface area (Å²) in [5.74, 6) is 2.59. The van der Waals surface area contributed by atoms with E-state index in [1.807, 2.05) is 44.4 Å². The lowest BCUT2D eigenvalue weighted by atomic mass is 9.91. The van der Waals surface area contributed by atoms with Gasteiger partial charge in [-0.1, -0.05) is 42.5 Å². The number of nitrogens with zero attached hydrogens (tertiary/aromatic N) is 3. The molecule has 0 saturated heterocycles. The molecule has 0 aliphatic heterocycles. The van der Waals surface area contributed by atoms with Gasteiger partial charge in [-0.3, -0.25) is 0 Å². The van der Waals surface area contributed by atoms with Crippen LogP contribution in [0, 0.1) is 0 Å². The summed E-state index contributed by atoms with van der Waals surface area (Å²) in [6.07, 6.45) is 8.82. The zero-order chi connectivity index (χ0) is 22.3. The van der Waals surface area contributed by atoms with Crippen LogP contribution in [0.25, 0.3) is 17.0 Å². The number of para-hydroxylation sites is 2. The van der Waals surface area contributed by atoms with Crippen LogP contribution in [0.2, 0.25) is 0 Å². The Labute approximate surface area is 190 Å². The smallest absolute Gasteiger partial charge is 0.225 e. The molecule has 4 rings (SSSR count). The van der Waals surface area contributed by atoms with Gasteiger partial charge in [0.15, 0.2) is 0 Å². The lowest BCUT2D eigenvalue weighted by Crippen LogP contribution is -2.37. The number of benzene rings is 2. The van der Waals surface area contributed by atoms with Gasteiger partial charge in [-0.05, 0) is 43.9 Å². The molecule has 1 saturated carbocycles. The third-order valence-corrected chi connectivity index (χ3v) is 6.03. The highest BCUT2D eigenvalue weighted by atomic mass is 16.5. The average molecular weight is 432 g/mol. The Morgan fingerprint density at radius 3 is 2.47 bits per heavy atom. The molecule has 1 aromatic heterocycles. The number of hydrogen-bond acceptors (Lipinski definition) is 6. The molecule has 1 aliphatic rings. The van der Waals surface area contributed by atoms with E-state index in [0.717, 1.165) is 66.2 Å². The van der Waals surface area contributed by atoms with E-state index < -0.39 is 0 Å². The maximum absolute atomic E-state index is 5.41. The highest BCUT2D eigenvalue weighted by molar-refractivity contribution is 5.90. The standard InChI is InChI=1S/C26H33N5O/c1-31(2)25-22-11-5-6-12-23(22)29-26(30-25)28-21-16-14-20(15-17-21)27-18-8-10-19-9-4-7-13-24(19)32-3/h4-13,20-21,27H,14-18H2,1-3H3,(H,28,29,30). The Hall–Kier alpha value is -3.12. The van der Waals surface area contributed by atoms with Crippen molar-refractivity contribution in [3.63, 3.8) is 0 Å². The minimum absolute atomic E-state index is 0.411. The molecule has 0 amide bonds. The summed E-state index contributed by atoms with van der Waals surface area (Å²) >= 11 is 0. The molecule has 1 aliphatic carbocycles. The van der Waals surface area contributed by atoms with Gasteiger partial charge in [-0.25, -0.2) is 4.98 Å². The van der Waals surface area contributed by atoms with E-state index >= 15 is 0 Å². The van der Waals surface area contributed by atoms with Crippen molar-refractivity contribution in [2.45, 2.75) is 37.8 Å². The van der Waals surface area contributed by atoms with Gasteiger partial charge >= 0.3 is 0 Å². The first-order chi connectivity index (χ1) is 15.6. The van der Waals surface area contributed by atoms with Gasteiger partial charge in [0.05, 0.1) is 12.6 Å². The van der Waals surface area contributed by atoms with Crippen LogP contribution in [0.15, 0.2) is 54.6 Å². The number of nitrogens with one attached hydrogen (secondary N) is 2. The van der Waals surface area contributed by atoms with Gasteiger partial charge in [0, 0.05) is 43.7 Å². The van der Waals surface area contributed by atoms with E-state index in [1.165, 1.54) is 0 Å². The Morgan fingerprint density at radius 1 is 0.969 bits per heavy atom. The molecule has 0 spiro atoms. The largest absolute Gasteiger partial charge is 0.496 e. The van der Waals surface area contributed by atoms with Crippen LogP contribution in [0.4, 0.5) is 11.8 Å². The summed E-state index contributed by atoms with van der Waals surface area (Å²) in [5.41, 5.74) is 2.09. The van der Waals surface area contributed by atoms with Crippen LogP contribution in [-0.4, -0.2) is 49.8 Å². The van der Waals surface area contributed by atoms with Crippen molar-refractivity contribution in [1.29, 1.82) is 0 Å². The van der Waals surface area contributed by atoms with Crippen LogP contribution < -0.4 is 20.3 Å². The van der Waals surface area contributed by atoms with Gasteiger partial charge in [0.25, 0.3) is 0 Å². The van der Waals surface area contributed by atoms with Crippen molar-refractivity contribution in [2.75, 3.05) is 38.0 Å². The SMILES string of the molecule is COc1ccccc1C=CCNC1CCC(Nc2nc(N(C)C)c3ccccc3n2)CC1. The minimum Gasteiger partial charge on any atom is -0.496 e. The van der Waals surface area contributed by atoms with E-state index in [0.29, 0.717) is 12.1 Å². The first-order valence-corrected chi connectivity index (χ1v) is 11.4. The second-order valence-electron chi connectivity index (χ2n) is 8.53. The molecule has 3 aromatic rings. The fourth-order valence-electron chi connectivity index (χ4n) is 4.31. The average Bonchev–Trinajstić information content (AvgIpc) is 2.82. The molecule has 1 heterocycles. The Balaban J connectivity index is 1.28. The topological polar surface area (TPSA) is 62.3 Å². The van der Waals surface area contributed by atoms with E-state index in [4.69, 9.17) is 14.7 Å². The lowest BCUT2D eigenvalue weighted by molar-refractivity contribution is 0.363. The van der Waals surface area contributed by atoms with E-state index in [9.17, 15) is 0 Å². The van der Waals surface area contributed by atoms with Gasteiger partial charge < -0.3 is 20.3 Å². The fourth-order valence-corrected chi connectivity index (χ4v) is 4.31. The summed E-state index contributed by atoms with van der Waals surface area (Å²) in [4.78, 5) is 11.6. The third-order valence-electron chi connectivity index (χ3n) is 6.03. The fraction of sp³-hybridized carbons (Fsp3) is 0.385. The summed E-state index contributed by atoms with van der Waals surface area (Å²) in [5, 5.41) is 8.34. The molecule has 6 nitrogen and oxygen atoms in total. The van der Waals surface area contributed by atoms with Crippen molar-refractivity contribution in [3.8, 4) is 5.75 Å². The number of methoxy groups -OCH3 is 1. The normalized spacial score (nSPS) is 18.7. The third kappa shape index (κ3) is 5.37. The number of rotatable bonds is 8. The second kappa shape index (κ2) is 10.5. The molecule has 1 fully saturated rings. The quantitative estimate of drug-likeness (QED) is 0.538. The van der Waals surface area contributed by atoms with Crippen molar-refractivity contribution in [3.05, 3.63) is 60.2 Å². The number of fused-ring (bicyclic) bond motifs is 1. The van der Waals surface area contributed by atoms with Crippen LogP contribution in [-0.2, 0) is 0 Å². The molecule has 168 valence electrons. The van der Waals surface area contributed by atoms with Crippen molar-refractivity contribution in [2.24, 2.45) is 0 Å². The first kappa shape index (κ1) is 22.1. The van der Waals surface area contributed by atoms with Crippen LogP contribution >= 0.6 is 0 Å².